The first-order valence-electron chi connectivity index (χ1n) is 7.43. The van der Waals surface area contributed by atoms with Gasteiger partial charge >= 0.3 is 12.0 Å². The molecule has 2 heterocycles. The van der Waals surface area contributed by atoms with Crippen molar-refractivity contribution in [2.24, 2.45) is 11.8 Å². The Labute approximate surface area is 119 Å². The summed E-state index contributed by atoms with van der Waals surface area (Å²) in [6.07, 6.45) is 2.73. The van der Waals surface area contributed by atoms with Gasteiger partial charge in [-0.25, -0.2) is 4.79 Å². The summed E-state index contributed by atoms with van der Waals surface area (Å²) in [5, 5.41) is 18.6. The predicted octanol–water partition coefficient (Wildman–Crippen LogP) is 0.996. The largest absolute Gasteiger partial charge is 0.481 e. The lowest BCUT2D eigenvalue weighted by molar-refractivity contribution is -0.143. The molecule has 0 radical (unpaired) electrons. The normalized spacial score (nSPS) is 26.4. The van der Waals surface area contributed by atoms with E-state index < -0.39 is 11.9 Å². The van der Waals surface area contributed by atoms with Crippen molar-refractivity contribution < 1.29 is 19.8 Å². The molecule has 2 aliphatic rings. The first-order chi connectivity index (χ1) is 9.49. The molecule has 0 aliphatic carbocycles. The maximum Gasteiger partial charge on any atom is 0.320 e. The highest BCUT2D eigenvalue weighted by molar-refractivity contribution is 5.76. The van der Waals surface area contributed by atoms with E-state index in [9.17, 15) is 14.7 Å². The lowest BCUT2D eigenvalue weighted by Crippen LogP contribution is -2.51. The van der Waals surface area contributed by atoms with Gasteiger partial charge in [0, 0.05) is 26.2 Å². The van der Waals surface area contributed by atoms with Crippen molar-refractivity contribution in [3.63, 3.8) is 0 Å². The van der Waals surface area contributed by atoms with Gasteiger partial charge in [-0.05, 0) is 38.5 Å². The van der Waals surface area contributed by atoms with Crippen LogP contribution in [-0.4, -0.2) is 64.3 Å². The summed E-state index contributed by atoms with van der Waals surface area (Å²) in [5.41, 5.74) is 0. The smallest absolute Gasteiger partial charge is 0.320 e. The molecule has 20 heavy (non-hydrogen) atoms. The van der Waals surface area contributed by atoms with Gasteiger partial charge in [-0.1, -0.05) is 0 Å². The van der Waals surface area contributed by atoms with Gasteiger partial charge in [-0.15, -0.1) is 0 Å². The molecule has 2 amide bonds. The van der Waals surface area contributed by atoms with Crippen LogP contribution in [-0.2, 0) is 4.79 Å². The zero-order chi connectivity index (χ0) is 14.7. The maximum absolute atomic E-state index is 12.4. The Morgan fingerprint density at radius 2 is 1.75 bits per heavy atom. The van der Waals surface area contributed by atoms with Gasteiger partial charge in [0.1, 0.15) is 0 Å². The molecule has 114 valence electrons. The van der Waals surface area contributed by atoms with Crippen LogP contribution in [0.1, 0.15) is 32.6 Å². The number of hydrogen-bond donors (Lipinski definition) is 2. The van der Waals surface area contributed by atoms with Gasteiger partial charge in [-0.2, -0.15) is 0 Å². The van der Waals surface area contributed by atoms with Crippen molar-refractivity contribution >= 4 is 12.0 Å². The van der Waals surface area contributed by atoms with Gasteiger partial charge in [0.05, 0.1) is 12.0 Å². The zero-order valence-electron chi connectivity index (χ0n) is 12.0. The summed E-state index contributed by atoms with van der Waals surface area (Å²) in [6.45, 7) is 4.08. The second-order valence-corrected chi connectivity index (χ2v) is 5.97. The minimum absolute atomic E-state index is 0.0417. The number of urea groups is 1. The van der Waals surface area contributed by atoms with Crippen LogP contribution in [0.15, 0.2) is 0 Å². The number of carboxylic acid groups (broad SMARTS) is 1. The lowest BCUT2D eigenvalue weighted by atomic mass is 9.92. The summed E-state index contributed by atoms with van der Waals surface area (Å²) in [7, 11) is 0. The third kappa shape index (κ3) is 3.42. The number of likely N-dealkylation sites (tertiary alicyclic amines) is 2. The molecule has 2 aliphatic heterocycles. The van der Waals surface area contributed by atoms with Crippen LogP contribution in [0.4, 0.5) is 4.79 Å². The molecule has 2 fully saturated rings. The topological polar surface area (TPSA) is 81.1 Å². The number of aliphatic hydroxyl groups is 1. The fourth-order valence-corrected chi connectivity index (χ4v) is 3.13. The summed E-state index contributed by atoms with van der Waals surface area (Å²) >= 11 is 0. The van der Waals surface area contributed by atoms with Crippen LogP contribution < -0.4 is 0 Å². The SMILES string of the molecule is CC(O)C1CCN(C(=O)N2CCCC(C(=O)O)C2)CC1. The molecule has 6 nitrogen and oxygen atoms in total. The predicted molar refractivity (Wildman–Crippen MR) is 73.3 cm³/mol. The van der Waals surface area contributed by atoms with E-state index in [1.807, 2.05) is 0 Å². The molecule has 0 aromatic heterocycles. The lowest BCUT2D eigenvalue weighted by Gasteiger charge is -2.38. The second-order valence-electron chi connectivity index (χ2n) is 5.97. The molecule has 2 saturated heterocycles. The monoisotopic (exact) mass is 284 g/mol. The quantitative estimate of drug-likeness (QED) is 0.792. The van der Waals surface area contributed by atoms with Crippen LogP contribution in [0.5, 0.6) is 0 Å². The van der Waals surface area contributed by atoms with Crippen LogP contribution >= 0.6 is 0 Å². The highest BCUT2D eigenvalue weighted by atomic mass is 16.4. The van der Waals surface area contributed by atoms with Crippen molar-refractivity contribution in [3.8, 4) is 0 Å². The molecular weight excluding hydrogens is 260 g/mol. The minimum atomic E-state index is -0.810. The first-order valence-corrected chi connectivity index (χ1v) is 7.43. The molecule has 2 rings (SSSR count). The third-order valence-electron chi connectivity index (χ3n) is 4.53. The highest BCUT2D eigenvalue weighted by Gasteiger charge is 2.32. The van der Waals surface area contributed by atoms with E-state index in [0.717, 1.165) is 19.3 Å². The van der Waals surface area contributed by atoms with Crippen molar-refractivity contribution in [1.29, 1.82) is 0 Å². The van der Waals surface area contributed by atoms with E-state index in [1.54, 1.807) is 16.7 Å². The molecule has 0 aromatic carbocycles. The Bertz CT molecular complexity index is 364. The number of amides is 2. The van der Waals surface area contributed by atoms with Crippen LogP contribution in [0.2, 0.25) is 0 Å². The number of carboxylic acids is 1. The van der Waals surface area contributed by atoms with Crippen molar-refractivity contribution in [1.82, 2.24) is 9.80 Å². The van der Waals surface area contributed by atoms with Gasteiger partial charge in [0.15, 0.2) is 0 Å². The van der Waals surface area contributed by atoms with E-state index in [0.29, 0.717) is 32.6 Å². The molecule has 2 unspecified atom stereocenters. The fraction of sp³-hybridized carbons (Fsp3) is 0.857. The standard InChI is InChI=1S/C14H24N2O4/c1-10(17)11-4-7-15(8-5-11)14(20)16-6-2-3-12(9-16)13(18)19/h10-12,17H,2-9H2,1H3,(H,18,19). The first kappa shape index (κ1) is 15.1. The molecule has 0 bridgehead atoms. The van der Waals surface area contributed by atoms with Gasteiger partial charge < -0.3 is 20.0 Å². The summed E-state index contributed by atoms with van der Waals surface area (Å²) < 4.78 is 0. The molecular formula is C14H24N2O4. The van der Waals surface area contributed by atoms with Crippen molar-refractivity contribution in [2.75, 3.05) is 26.2 Å². The van der Waals surface area contributed by atoms with Gasteiger partial charge in [0.25, 0.3) is 0 Å². The Kier molecular flexibility index (Phi) is 4.86. The average molecular weight is 284 g/mol. The van der Waals surface area contributed by atoms with Gasteiger partial charge in [-0.3, -0.25) is 4.79 Å². The zero-order valence-corrected chi connectivity index (χ0v) is 12.0. The Morgan fingerprint density at radius 1 is 1.10 bits per heavy atom. The Hall–Kier alpha value is -1.30. The molecule has 2 atom stereocenters. The summed E-state index contributed by atoms with van der Waals surface area (Å²) in [5.74, 6) is -0.967. The van der Waals surface area contributed by atoms with E-state index in [4.69, 9.17) is 5.11 Å². The average Bonchev–Trinajstić information content (AvgIpc) is 2.46. The van der Waals surface area contributed by atoms with Crippen LogP contribution in [0, 0.1) is 11.8 Å². The van der Waals surface area contributed by atoms with Crippen LogP contribution in [0.25, 0.3) is 0 Å². The number of carbonyl (C=O) groups is 2. The number of aliphatic carboxylic acids is 1. The second kappa shape index (κ2) is 6.43. The van der Waals surface area contributed by atoms with E-state index in [1.165, 1.54) is 0 Å². The Balaban J connectivity index is 1.87. The molecule has 0 aromatic rings. The van der Waals surface area contributed by atoms with Crippen LogP contribution in [0.3, 0.4) is 0 Å². The molecule has 0 spiro atoms. The van der Waals surface area contributed by atoms with E-state index in [2.05, 4.69) is 0 Å². The molecule has 0 saturated carbocycles. The van der Waals surface area contributed by atoms with Gasteiger partial charge in [0.2, 0.25) is 0 Å². The van der Waals surface area contributed by atoms with E-state index in [-0.39, 0.29) is 18.1 Å². The number of piperidine rings is 2. The number of aliphatic hydroxyl groups excluding tert-OH is 1. The number of rotatable bonds is 2. The number of hydrogen-bond acceptors (Lipinski definition) is 3. The summed E-state index contributed by atoms with van der Waals surface area (Å²) in [6, 6.07) is -0.0417. The molecule has 2 N–H and O–H groups in total. The third-order valence-corrected chi connectivity index (χ3v) is 4.53. The Morgan fingerprint density at radius 3 is 2.30 bits per heavy atom. The number of nitrogens with zero attached hydrogens (tertiary/aromatic N) is 2. The number of carbonyl (C=O) groups excluding carboxylic acids is 1. The van der Waals surface area contributed by atoms with Crippen molar-refractivity contribution in [3.05, 3.63) is 0 Å². The summed E-state index contributed by atoms with van der Waals surface area (Å²) in [4.78, 5) is 26.9. The van der Waals surface area contributed by atoms with E-state index >= 15 is 0 Å². The highest BCUT2D eigenvalue weighted by Crippen LogP contribution is 2.23. The van der Waals surface area contributed by atoms with Crippen molar-refractivity contribution in [2.45, 2.75) is 38.7 Å². The fourth-order valence-electron chi connectivity index (χ4n) is 3.13. The minimum Gasteiger partial charge on any atom is -0.481 e. The maximum atomic E-state index is 12.4. The molecule has 6 heteroatoms.